The Morgan fingerprint density at radius 2 is 2.46 bits per heavy atom. The summed E-state index contributed by atoms with van der Waals surface area (Å²) in [4.78, 5) is 11.5. The molecule has 1 aliphatic rings. The number of carbonyl (C=O) groups excluding carboxylic acids is 1. The molecule has 3 heteroatoms. The smallest absolute Gasteiger partial charge is 0.310 e. The molecule has 0 aliphatic carbocycles. The van der Waals surface area contributed by atoms with Crippen LogP contribution in [0, 0.1) is 5.92 Å². The zero-order chi connectivity index (χ0) is 9.68. The summed E-state index contributed by atoms with van der Waals surface area (Å²) in [5, 5.41) is 3.21. The third kappa shape index (κ3) is 3.35. The van der Waals surface area contributed by atoms with E-state index in [1.165, 1.54) is 0 Å². The lowest BCUT2D eigenvalue weighted by Gasteiger charge is -2.22. The van der Waals surface area contributed by atoms with Crippen LogP contribution in [-0.2, 0) is 9.53 Å². The van der Waals surface area contributed by atoms with Crippen molar-refractivity contribution in [3.8, 4) is 0 Å². The van der Waals surface area contributed by atoms with Crippen molar-refractivity contribution in [2.24, 2.45) is 5.92 Å². The molecule has 1 heterocycles. The van der Waals surface area contributed by atoms with Crippen molar-refractivity contribution in [1.82, 2.24) is 5.32 Å². The van der Waals surface area contributed by atoms with Crippen LogP contribution in [0.2, 0.25) is 0 Å². The molecule has 2 atom stereocenters. The van der Waals surface area contributed by atoms with Gasteiger partial charge in [-0.15, -0.1) is 0 Å². The highest BCUT2D eigenvalue weighted by Gasteiger charge is 2.23. The molecular weight excluding hydrogens is 166 g/mol. The zero-order valence-corrected chi connectivity index (χ0v) is 8.51. The van der Waals surface area contributed by atoms with Crippen molar-refractivity contribution < 1.29 is 9.53 Å². The van der Waals surface area contributed by atoms with E-state index < -0.39 is 0 Å². The number of piperidine rings is 1. The summed E-state index contributed by atoms with van der Waals surface area (Å²) in [7, 11) is 0. The fourth-order valence-corrected chi connectivity index (χ4v) is 1.43. The van der Waals surface area contributed by atoms with Crippen molar-refractivity contribution in [3.05, 3.63) is 0 Å². The number of hydrogen-bond donors (Lipinski definition) is 1. The summed E-state index contributed by atoms with van der Waals surface area (Å²) >= 11 is 0. The van der Waals surface area contributed by atoms with Gasteiger partial charge in [0.2, 0.25) is 0 Å². The van der Waals surface area contributed by atoms with Crippen LogP contribution in [0.5, 0.6) is 0 Å². The first-order valence-electron chi connectivity index (χ1n) is 5.15. The molecule has 1 rings (SSSR count). The molecular formula is C10H19NO2. The van der Waals surface area contributed by atoms with Crippen molar-refractivity contribution >= 4 is 5.97 Å². The molecule has 0 saturated carbocycles. The number of nitrogens with one attached hydrogen (secondary N) is 1. The lowest BCUT2D eigenvalue weighted by Crippen LogP contribution is -2.36. The summed E-state index contributed by atoms with van der Waals surface area (Å²) in [5.74, 6) is 0.0595. The van der Waals surface area contributed by atoms with Crippen LogP contribution in [0.1, 0.15) is 33.1 Å². The Labute approximate surface area is 79.8 Å². The van der Waals surface area contributed by atoms with Gasteiger partial charge in [-0.2, -0.15) is 0 Å². The average molecular weight is 185 g/mol. The standard InChI is InChI=1S/C10H19NO2/c1-3-8(2)13-10(12)9-5-4-6-11-7-9/h8-9,11H,3-7H2,1-2H3. The summed E-state index contributed by atoms with van der Waals surface area (Å²) in [5.41, 5.74) is 0. The van der Waals surface area contributed by atoms with Gasteiger partial charge in [-0.3, -0.25) is 4.79 Å². The van der Waals surface area contributed by atoms with Crippen LogP contribution in [0.3, 0.4) is 0 Å². The third-order valence-electron chi connectivity index (χ3n) is 2.52. The van der Waals surface area contributed by atoms with E-state index in [2.05, 4.69) is 5.32 Å². The maximum Gasteiger partial charge on any atom is 0.310 e. The fraction of sp³-hybridized carbons (Fsp3) is 0.900. The topological polar surface area (TPSA) is 38.3 Å². The maximum atomic E-state index is 11.5. The Hall–Kier alpha value is -0.570. The van der Waals surface area contributed by atoms with Gasteiger partial charge < -0.3 is 10.1 Å². The Morgan fingerprint density at radius 3 is 3.00 bits per heavy atom. The van der Waals surface area contributed by atoms with Crippen molar-refractivity contribution in [2.75, 3.05) is 13.1 Å². The Balaban J connectivity index is 2.29. The number of hydrogen-bond acceptors (Lipinski definition) is 3. The van der Waals surface area contributed by atoms with E-state index in [-0.39, 0.29) is 18.0 Å². The first-order valence-corrected chi connectivity index (χ1v) is 5.15. The number of esters is 1. The molecule has 1 saturated heterocycles. The zero-order valence-electron chi connectivity index (χ0n) is 8.51. The minimum atomic E-state index is -0.0263. The van der Waals surface area contributed by atoms with E-state index in [1.807, 2.05) is 13.8 Å². The van der Waals surface area contributed by atoms with E-state index in [9.17, 15) is 4.79 Å². The van der Waals surface area contributed by atoms with Gasteiger partial charge in [-0.25, -0.2) is 0 Å². The third-order valence-corrected chi connectivity index (χ3v) is 2.52. The van der Waals surface area contributed by atoms with E-state index in [1.54, 1.807) is 0 Å². The van der Waals surface area contributed by atoms with Gasteiger partial charge in [-0.1, -0.05) is 6.92 Å². The summed E-state index contributed by atoms with van der Waals surface area (Å²) in [6.45, 7) is 5.79. The van der Waals surface area contributed by atoms with Crippen LogP contribution in [-0.4, -0.2) is 25.2 Å². The molecule has 0 aromatic heterocycles. The molecule has 1 N–H and O–H groups in total. The second-order valence-corrected chi connectivity index (χ2v) is 3.70. The molecule has 0 amide bonds. The molecule has 1 aliphatic heterocycles. The number of rotatable bonds is 3. The Bertz CT molecular complexity index is 164. The lowest BCUT2D eigenvalue weighted by atomic mass is 10.00. The minimum absolute atomic E-state index is 0.0263. The van der Waals surface area contributed by atoms with Gasteiger partial charge in [0, 0.05) is 6.54 Å². The van der Waals surface area contributed by atoms with Gasteiger partial charge in [0.25, 0.3) is 0 Å². The monoisotopic (exact) mass is 185 g/mol. The van der Waals surface area contributed by atoms with Crippen molar-refractivity contribution in [3.63, 3.8) is 0 Å². The summed E-state index contributed by atoms with van der Waals surface area (Å²) in [6, 6.07) is 0. The minimum Gasteiger partial charge on any atom is -0.462 e. The highest BCUT2D eigenvalue weighted by atomic mass is 16.5. The van der Waals surface area contributed by atoms with Gasteiger partial charge in [0.05, 0.1) is 12.0 Å². The fourth-order valence-electron chi connectivity index (χ4n) is 1.43. The van der Waals surface area contributed by atoms with Crippen molar-refractivity contribution in [1.29, 1.82) is 0 Å². The average Bonchev–Trinajstić information content (AvgIpc) is 2.19. The molecule has 3 nitrogen and oxygen atoms in total. The first kappa shape index (κ1) is 10.5. The van der Waals surface area contributed by atoms with Gasteiger partial charge in [0.1, 0.15) is 0 Å². The van der Waals surface area contributed by atoms with E-state index >= 15 is 0 Å². The SMILES string of the molecule is CCC(C)OC(=O)C1CCCNC1. The second kappa shape index (κ2) is 5.22. The first-order chi connectivity index (χ1) is 6.24. The largest absolute Gasteiger partial charge is 0.462 e. The number of carbonyl (C=O) groups is 1. The van der Waals surface area contributed by atoms with Crippen LogP contribution in [0.15, 0.2) is 0 Å². The molecule has 1 fully saturated rings. The van der Waals surface area contributed by atoms with E-state index in [0.717, 1.165) is 32.4 Å². The van der Waals surface area contributed by atoms with Gasteiger partial charge in [0.15, 0.2) is 0 Å². The van der Waals surface area contributed by atoms with Crippen LogP contribution in [0.4, 0.5) is 0 Å². The normalized spacial score (nSPS) is 25.2. The predicted molar refractivity (Wildman–Crippen MR) is 51.4 cm³/mol. The maximum absolute atomic E-state index is 11.5. The molecule has 2 unspecified atom stereocenters. The molecule has 0 aromatic rings. The highest BCUT2D eigenvalue weighted by molar-refractivity contribution is 5.73. The van der Waals surface area contributed by atoms with E-state index in [0.29, 0.717) is 0 Å². The van der Waals surface area contributed by atoms with Gasteiger partial charge in [-0.05, 0) is 32.7 Å². The van der Waals surface area contributed by atoms with Crippen LogP contribution >= 0.6 is 0 Å². The number of ether oxygens (including phenoxy) is 1. The quantitative estimate of drug-likeness (QED) is 0.674. The van der Waals surface area contributed by atoms with Crippen molar-refractivity contribution in [2.45, 2.75) is 39.2 Å². The van der Waals surface area contributed by atoms with E-state index in [4.69, 9.17) is 4.74 Å². The second-order valence-electron chi connectivity index (χ2n) is 3.70. The molecule has 13 heavy (non-hydrogen) atoms. The lowest BCUT2D eigenvalue weighted by molar-refractivity contribution is -0.153. The van der Waals surface area contributed by atoms with Crippen LogP contribution in [0.25, 0.3) is 0 Å². The molecule has 0 radical (unpaired) electrons. The highest BCUT2D eigenvalue weighted by Crippen LogP contribution is 2.13. The molecule has 76 valence electrons. The summed E-state index contributed by atoms with van der Waals surface area (Å²) < 4.78 is 5.26. The Kier molecular flexibility index (Phi) is 4.22. The molecule has 0 bridgehead atoms. The molecule has 0 aromatic carbocycles. The molecule has 0 spiro atoms. The van der Waals surface area contributed by atoms with Gasteiger partial charge >= 0.3 is 5.97 Å². The van der Waals surface area contributed by atoms with Crippen LogP contribution < -0.4 is 5.32 Å². The Morgan fingerprint density at radius 1 is 1.69 bits per heavy atom. The summed E-state index contributed by atoms with van der Waals surface area (Å²) in [6.07, 6.45) is 3.02. The predicted octanol–water partition coefficient (Wildman–Crippen LogP) is 1.33.